The van der Waals surface area contributed by atoms with Gasteiger partial charge < -0.3 is 16.2 Å². The molecule has 0 bridgehead atoms. The molecule has 0 fully saturated rings. The van der Waals surface area contributed by atoms with Crippen LogP contribution < -0.4 is 11.1 Å². The lowest BCUT2D eigenvalue weighted by Gasteiger charge is -2.09. The quantitative estimate of drug-likeness (QED) is 0.375. The second-order valence-electron chi connectivity index (χ2n) is 5.16. The van der Waals surface area contributed by atoms with Gasteiger partial charge in [-0.25, -0.2) is 0 Å². The Balaban J connectivity index is 3.33. The minimum Gasteiger partial charge on any atom is -0.389 e. The Morgan fingerprint density at radius 1 is 1.21 bits per heavy atom. The molecule has 1 unspecified atom stereocenters. The summed E-state index contributed by atoms with van der Waals surface area (Å²) in [6.07, 6.45) is 6.87. The van der Waals surface area contributed by atoms with E-state index in [9.17, 15) is 9.90 Å². The molecule has 0 aromatic carbocycles. The van der Waals surface area contributed by atoms with Crippen LogP contribution in [0.1, 0.15) is 58.3 Å². The number of nitrogens with one attached hydrogen (secondary N) is 1. The summed E-state index contributed by atoms with van der Waals surface area (Å²) in [5.41, 5.74) is 6.20. The largest absolute Gasteiger partial charge is 0.389 e. The van der Waals surface area contributed by atoms with Crippen LogP contribution in [-0.4, -0.2) is 30.2 Å². The molecule has 0 saturated heterocycles. The molecule has 1 amide bonds. The normalized spacial score (nSPS) is 12.2. The van der Waals surface area contributed by atoms with Crippen LogP contribution in [-0.2, 0) is 4.79 Å². The van der Waals surface area contributed by atoms with Crippen molar-refractivity contribution in [1.82, 2.24) is 5.32 Å². The van der Waals surface area contributed by atoms with Crippen LogP contribution in [0.4, 0.5) is 0 Å². The van der Waals surface area contributed by atoms with Crippen molar-refractivity contribution in [2.45, 2.75) is 64.4 Å². The minimum absolute atomic E-state index is 0.114. The van der Waals surface area contributed by atoms with Gasteiger partial charge in [-0.15, -0.1) is 0 Å². The SMILES string of the molecule is C=C(C)C(O)CCCCC(=O)NCCCCCCN. The van der Waals surface area contributed by atoms with Gasteiger partial charge in [0.15, 0.2) is 0 Å². The first kappa shape index (κ1) is 18.1. The van der Waals surface area contributed by atoms with E-state index in [4.69, 9.17) is 5.73 Å². The standard InChI is InChI=1S/C15H30N2O2/c1-13(2)14(18)9-5-6-10-15(19)17-12-8-4-3-7-11-16/h14,18H,1,3-12,16H2,2H3,(H,17,19). The van der Waals surface area contributed by atoms with Crippen molar-refractivity contribution in [3.63, 3.8) is 0 Å². The maximum Gasteiger partial charge on any atom is 0.219 e. The highest BCUT2D eigenvalue weighted by Crippen LogP contribution is 2.09. The third-order valence-corrected chi connectivity index (χ3v) is 3.15. The van der Waals surface area contributed by atoms with Crippen molar-refractivity contribution < 1.29 is 9.90 Å². The molecule has 0 aromatic heterocycles. The van der Waals surface area contributed by atoms with Crippen LogP contribution in [0.15, 0.2) is 12.2 Å². The predicted octanol–water partition coefficient (Wildman–Crippen LogP) is 2.12. The number of aliphatic hydroxyl groups is 1. The number of rotatable bonds is 12. The van der Waals surface area contributed by atoms with Gasteiger partial charge in [0.05, 0.1) is 6.10 Å². The molecule has 4 nitrogen and oxygen atoms in total. The van der Waals surface area contributed by atoms with E-state index in [1.165, 1.54) is 0 Å². The summed E-state index contributed by atoms with van der Waals surface area (Å²) in [5.74, 6) is 0.114. The van der Waals surface area contributed by atoms with E-state index in [0.29, 0.717) is 12.8 Å². The second-order valence-corrected chi connectivity index (χ2v) is 5.16. The van der Waals surface area contributed by atoms with Crippen molar-refractivity contribution in [3.05, 3.63) is 12.2 Å². The number of carbonyl (C=O) groups is 1. The van der Waals surface area contributed by atoms with Crippen LogP contribution in [0.25, 0.3) is 0 Å². The van der Waals surface area contributed by atoms with Crippen molar-refractivity contribution in [3.8, 4) is 0 Å². The number of hydrogen-bond acceptors (Lipinski definition) is 3. The van der Waals surface area contributed by atoms with E-state index < -0.39 is 6.10 Å². The topological polar surface area (TPSA) is 75.3 Å². The maximum atomic E-state index is 11.5. The first-order valence-corrected chi connectivity index (χ1v) is 7.38. The van der Waals surface area contributed by atoms with Gasteiger partial charge in [-0.3, -0.25) is 4.79 Å². The van der Waals surface area contributed by atoms with Crippen molar-refractivity contribution in [2.75, 3.05) is 13.1 Å². The molecule has 112 valence electrons. The van der Waals surface area contributed by atoms with Crippen LogP contribution in [0.3, 0.4) is 0 Å². The molecule has 4 N–H and O–H groups in total. The Morgan fingerprint density at radius 3 is 2.53 bits per heavy atom. The van der Waals surface area contributed by atoms with Gasteiger partial charge in [0.25, 0.3) is 0 Å². The Bertz CT molecular complexity index is 255. The molecule has 0 heterocycles. The van der Waals surface area contributed by atoms with E-state index in [1.807, 2.05) is 6.92 Å². The first-order chi connectivity index (χ1) is 9.07. The third-order valence-electron chi connectivity index (χ3n) is 3.15. The number of unbranched alkanes of at least 4 members (excludes halogenated alkanes) is 4. The number of amides is 1. The van der Waals surface area contributed by atoms with Crippen LogP contribution in [0.2, 0.25) is 0 Å². The van der Waals surface area contributed by atoms with E-state index in [1.54, 1.807) is 0 Å². The fourth-order valence-electron chi connectivity index (χ4n) is 1.81. The van der Waals surface area contributed by atoms with Gasteiger partial charge in [-0.05, 0) is 39.2 Å². The average Bonchev–Trinajstić information content (AvgIpc) is 2.38. The number of aliphatic hydroxyl groups excluding tert-OH is 1. The van der Waals surface area contributed by atoms with E-state index >= 15 is 0 Å². The summed E-state index contributed by atoms with van der Waals surface area (Å²) in [6.45, 7) is 7.04. The molecule has 0 aliphatic heterocycles. The van der Waals surface area contributed by atoms with Crippen LogP contribution in [0, 0.1) is 0 Å². The van der Waals surface area contributed by atoms with Crippen LogP contribution >= 0.6 is 0 Å². The molecule has 1 atom stereocenters. The van der Waals surface area contributed by atoms with E-state index in [2.05, 4.69) is 11.9 Å². The fourth-order valence-corrected chi connectivity index (χ4v) is 1.81. The van der Waals surface area contributed by atoms with Gasteiger partial charge in [0.1, 0.15) is 0 Å². The van der Waals surface area contributed by atoms with Crippen molar-refractivity contribution in [1.29, 1.82) is 0 Å². The average molecular weight is 270 g/mol. The van der Waals surface area contributed by atoms with Gasteiger partial charge in [0, 0.05) is 13.0 Å². The van der Waals surface area contributed by atoms with Gasteiger partial charge in [0.2, 0.25) is 5.91 Å². The summed E-state index contributed by atoms with van der Waals surface area (Å²) in [4.78, 5) is 11.5. The third kappa shape index (κ3) is 11.9. The zero-order valence-electron chi connectivity index (χ0n) is 12.3. The Labute approximate surface area is 117 Å². The minimum atomic E-state index is -0.425. The predicted molar refractivity (Wildman–Crippen MR) is 79.8 cm³/mol. The Kier molecular flexibility index (Phi) is 11.6. The van der Waals surface area contributed by atoms with Gasteiger partial charge >= 0.3 is 0 Å². The lowest BCUT2D eigenvalue weighted by Crippen LogP contribution is -2.24. The summed E-state index contributed by atoms with van der Waals surface area (Å²) >= 11 is 0. The lowest BCUT2D eigenvalue weighted by atomic mass is 10.1. The van der Waals surface area contributed by atoms with Gasteiger partial charge in [-0.2, -0.15) is 0 Å². The molecular formula is C15H30N2O2. The molecular weight excluding hydrogens is 240 g/mol. The summed E-state index contributed by atoms with van der Waals surface area (Å²) in [6, 6.07) is 0. The number of nitrogens with two attached hydrogens (primary N) is 1. The number of carbonyl (C=O) groups excluding carboxylic acids is 1. The van der Waals surface area contributed by atoms with E-state index in [0.717, 1.165) is 57.2 Å². The molecule has 0 aliphatic rings. The maximum absolute atomic E-state index is 11.5. The monoisotopic (exact) mass is 270 g/mol. The van der Waals surface area contributed by atoms with Gasteiger partial charge in [-0.1, -0.05) is 31.4 Å². The van der Waals surface area contributed by atoms with Crippen LogP contribution in [0.5, 0.6) is 0 Å². The summed E-state index contributed by atoms with van der Waals surface area (Å²) < 4.78 is 0. The highest BCUT2D eigenvalue weighted by Gasteiger charge is 2.05. The summed E-state index contributed by atoms with van der Waals surface area (Å²) in [7, 11) is 0. The Hall–Kier alpha value is -0.870. The molecule has 0 saturated carbocycles. The molecule has 0 aromatic rings. The lowest BCUT2D eigenvalue weighted by molar-refractivity contribution is -0.121. The highest BCUT2D eigenvalue weighted by molar-refractivity contribution is 5.75. The molecule has 0 spiro atoms. The smallest absolute Gasteiger partial charge is 0.219 e. The molecule has 4 heteroatoms. The molecule has 0 rings (SSSR count). The molecule has 0 aliphatic carbocycles. The van der Waals surface area contributed by atoms with E-state index in [-0.39, 0.29) is 5.91 Å². The summed E-state index contributed by atoms with van der Waals surface area (Å²) in [5, 5.41) is 12.4. The molecule has 0 radical (unpaired) electrons. The zero-order chi connectivity index (χ0) is 14.5. The Morgan fingerprint density at radius 2 is 1.89 bits per heavy atom. The second kappa shape index (κ2) is 12.2. The van der Waals surface area contributed by atoms with Crippen molar-refractivity contribution >= 4 is 5.91 Å². The fraction of sp³-hybridized carbons (Fsp3) is 0.800. The highest BCUT2D eigenvalue weighted by atomic mass is 16.3. The first-order valence-electron chi connectivity index (χ1n) is 7.38. The molecule has 19 heavy (non-hydrogen) atoms. The number of hydrogen-bond donors (Lipinski definition) is 3. The zero-order valence-corrected chi connectivity index (χ0v) is 12.3. The van der Waals surface area contributed by atoms with Crippen molar-refractivity contribution in [2.24, 2.45) is 5.73 Å².